The van der Waals surface area contributed by atoms with Crippen LogP contribution in [-0.2, 0) is 6.54 Å². The Labute approximate surface area is 187 Å². The smallest absolute Gasteiger partial charge is 0.255 e. The minimum atomic E-state index is -0.115. The lowest BCUT2D eigenvalue weighted by molar-refractivity contribution is 0.102. The SMILES string of the molecule is CCCCCCN1CCN(Cc2cccc(NC(=O)c3cccc(OCC)c3)c2)CC1. The van der Waals surface area contributed by atoms with Gasteiger partial charge in [0.1, 0.15) is 5.75 Å². The topological polar surface area (TPSA) is 44.8 Å². The Morgan fingerprint density at radius 2 is 1.71 bits per heavy atom. The van der Waals surface area contributed by atoms with Crippen molar-refractivity contribution >= 4 is 11.6 Å². The third kappa shape index (κ3) is 7.67. The van der Waals surface area contributed by atoms with E-state index in [0.717, 1.165) is 38.4 Å². The Kier molecular flexibility index (Phi) is 9.38. The minimum Gasteiger partial charge on any atom is -0.494 e. The molecule has 1 aliphatic heterocycles. The van der Waals surface area contributed by atoms with Crippen LogP contribution in [-0.4, -0.2) is 55.0 Å². The van der Waals surface area contributed by atoms with Crippen LogP contribution >= 0.6 is 0 Å². The molecule has 1 N–H and O–H groups in total. The van der Waals surface area contributed by atoms with Crippen molar-refractivity contribution in [2.45, 2.75) is 46.1 Å². The van der Waals surface area contributed by atoms with Crippen LogP contribution in [0.25, 0.3) is 0 Å². The van der Waals surface area contributed by atoms with Gasteiger partial charge in [0.05, 0.1) is 6.61 Å². The number of rotatable bonds is 11. The first-order chi connectivity index (χ1) is 15.2. The number of anilines is 1. The van der Waals surface area contributed by atoms with Crippen molar-refractivity contribution < 1.29 is 9.53 Å². The number of carbonyl (C=O) groups is 1. The minimum absolute atomic E-state index is 0.115. The Hall–Kier alpha value is -2.37. The number of benzene rings is 2. The summed E-state index contributed by atoms with van der Waals surface area (Å²) in [4.78, 5) is 17.8. The second kappa shape index (κ2) is 12.5. The Morgan fingerprint density at radius 3 is 2.48 bits per heavy atom. The van der Waals surface area contributed by atoms with Gasteiger partial charge < -0.3 is 15.0 Å². The van der Waals surface area contributed by atoms with Gasteiger partial charge in [-0.3, -0.25) is 9.69 Å². The maximum Gasteiger partial charge on any atom is 0.255 e. The van der Waals surface area contributed by atoms with Gasteiger partial charge in [-0.2, -0.15) is 0 Å². The van der Waals surface area contributed by atoms with E-state index in [-0.39, 0.29) is 5.91 Å². The van der Waals surface area contributed by atoms with Crippen molar-refractivity contribution in [3.63, 3.8) is 0 Å². The number of hydrogen-bond donors (Lipinski definition) is 1. The summed E-state index contributed by atoms with van der Waals surface area (Å²) in [5.74, 6) is 0.601. The van der Waals surface area contributed by atoms with Crippen molar-refractivity contribution in [1.29, 1.82) is 0 Å². The first-order valence-electron chi connectivity index (χ1n) is 11.8. The van der Waals surface area contributed by atoms with E-state index in [2.05, 4.69) is 34.2 Å². The van der Waals surface area contributed by atoms with Crippen LogP contribution in [0.1, 0.15) is 55.5 Å². The number of carbonyl (C=O) groups excluding carboxylic acids is 1. The number of nitrogens with one attached hydrogen (secondary N) is 1. The summed E-state index contributed by atoms with van der Waals surface area (Å²) in [6.07, 6.45) is 5.33. The lowest BCUT2D eigenvalue weighted by atomic mass is 10.1. The zero-order valence-corrected chi connectivity index (χ0v) is 19.1. The number of ether oxygens (including phenoxy) is 1. The summed E-state index contributed by atoms with van der Waals surface area (Å²) in [5, 5.41) is 3.02. The highest BCUT2D eigenvalue weighted by Crippen LogP contribution is 2.18. The van der Waals surface area contributed by atoms with Gasteiger partial charge in [-0.15, -0.1) is 0 Å². The molecular formula is C26H37N3O2. The highest BCUT2D eigenvalue weighted by atomic mass is 16.5. The molecule has 1 amide bonds. The molecule has 3 rings (SSSR count). The van der Waals surface area contributed by atoms with Gasteiger partial charge in [0.15, 0.2) is 0 Å². The van der Waals surface area contributed by atoms with Crippen molar-refractivity contribution in [3.05, 3.63) is 59.7 Å². The zero-order valence-electron chi connectivity index (χ0n) is 19.1. The Bertz CT molecular complexity index is 816. The molecule has 0 aliphatic carbocycles. The standard InChI is InChI=1S/C26H37N3O2/c1-3-5-6-7-14-28-15-17-29(18-16-28)21-22-10-8-12-24(19-22)27-26(30)23-11-9-13-25(20-23)31-4-2/h8-13,19-20H,3-7,14-18,21H2,1-2H3,(H,27,30). The number of unbranched alkanes of at least 4 members (excludes halogenated alkanes) is 3. The molecule has 5 heteroatoms. The van der Waals surface area contributed by atoms with Crippen molar-refractivity contribution in [2.24, 2.45) is 0 Å². The van der Waals surface area contributed by atoms with Crippen LogP contribution in [0.4, 0.5) is 5.69 Å². The lowest BCUT2D eigenvalue weighted by Crippen LogP contribution is -2.46. The predicted octanol–water partition coefficient (Wildman–Crippen LogP) is 5.04. The molecule has 0 radical (unpaired) electrons. The average Bonchev–Trinajstić information content (AvgIpc) is 2.78. The molecule has 0 saturated carbocycles. The molecule has 0 aromatic heterocycles. The Morgan fingerprint density at radius 1 is 0.935 bits per heavy atom. The highest BCUT2D eigenvalue weighted by Gasteiger charge is 2.17. The number of amides is 1. The summed E-state index contributed by atoms with van der Waals surface area (Å²) in [7, 11) is 0. The summed E-state index contributed by atoms with van der Waals surface area (Å²) in [6.45, 7) is 11.5. The molecule has 0 bridgehead atoms. The van der Waals surface area contributed by atoms with E-state index in [9.17, 15) is 4.79 Å². The fourth-order valence-electron chi connectivity index (χ4n) is 4.04. The molecule has 1 aliphatic rings. The van der Waals surface area contributed by atoms with Crippen LogP contribution < -0.4 is 10.1 Å². The van der Waals surface area contributed by atoms with E-state index in [0.29, 0.717) is 17.9 Å². The predicted molar refractivity (Wildman–Crippen MR) is 128 cm³/mol. The second-order valence-corrected chi connectivity index (χ2v) is 8.29. The van der Waals surface area contributed by atoms with E-state index in [1.165, 1.54) is 37.8 Å². The molecular weight excluding hydrogens is 386 g/mol. The van der Waals surface area contributed by atoms with Gasteiger partial charge in [-0.05, 0) is 55.8 Å². The molecule has 5 nitrogen and oxygen atoms in total. The van der Waals surface area contributed by atoms with Crippen molar-refractivity contribution in [1.82, 2.24) is 9.80 Å². The van der Waals surface area contributed by atoms with Gasteiger partial charge in [0.25, 0.3) is 5.91 Å². The molecule has 0 unspecified atom stereocenters. The first-order valence-corrected chi connectivity index (χ1v) is 11.8. The molecule has 0 atom stereocenters. The van der Waals surface area contributed by atoms with Gasteiger partial charge in [-0.1, -0.05) is 44.4 Å². The second-order valence-electron chi connectivity index (χ2n) is 8.29. The molecule has 1 heterocycles. The average molecular weight is 424 g/mol. The molecule has 31 heavy (non-hydrogen) atoms. The summed E-state index contributed by atoms with van der Waals surface area (Å²) >= 11 is 0. The van der Waals surface area contributed by atoms with E-state index in [1.807, 2.05) is 37.3 Å². The largest absolute Gasteiger partial charge is 0.494 e. The molecule has 1 saturated heterocycles. The third-order valence-corrected chi connectivity index (χ3v) is 5.79. The van der Waals surface area contributed by atoms with E-state index in [1.54, 1.807) is 6.07 Å². The van der Waals surface area contributed by atoms with Gasteiger partial charge in [0, 0.05) is 44.0 Å². The number of hydrogen-bond acceptors (Lipinski definition) is 4. The van der Waals surface area contributed by atoms with E-state index < -0.39 is 0 Å². The van der Waals surface area contributed by atoms with E-state index >= 15 is 0 Å². The fourth-order valence-corrected chi connectivity index (χ4v) is 4.04. The molecule has 2 aromatic rings. The van der Waals surface area contributed by atoms with Crippen LogP contribution in [0.15, 0.2) is 48.5 Å². The molecule has 2 aromatic carbocycles. The van der Waals surface area contributed by atoms with Gasteiger partial charge in [-0.25, -0.2) is 0 Å². The normalized spacial score (nSPS) is 15.0. The summed E-state index contributed by atoms with van der Waals surface area (Å²) < 4.78 is 5.50. The summed E-state index contributed by atoms with van der Waals surface area (Å²) in [6, 6.07) is 15.5. The van der Waals surface area contributed by atoms with Crippen LogP contribution in [0.2, 0.25) is 0 Å². The lowest BCUT2D eigenvalue weighted by Gasteiger charge is -2.34. The maximum atomic E-state index is 12.7. The van der Waals surface area contributed by atoms with Gasteiger partial charge in [0.2, 0.25) is 0 Å². The van der Waals surface area contributed by atoms with Crippen molar-refractivity contribution in [3.8, 4) is 5.75 Å². The van der Waals surface area contributed by atoms with Gasteiger partial charge >= 0.3 is 0 Å². The van der Waals surface area contributed by atoms with E-state index in [4.69, 9.17) is 4.74 Å². The fraction of sp³-hybridized carbons (Fsp3) is 0.500. The van der Waals surface area contributed by atoms with Crippen LogP contribution in [0.5, 0.6) is 5.75 Å². The third-order valence-electron chi connectivity index (χ3n) is 5.79. The van der Waals surface area contributed by atoms with Crippen molar-refractivity contribution in [2.75, 3.05) is 44.6 Å². The maximum absolute atomic E-state index is 12.7. The highest BCUT2D eigenvalue weighted by molar-refractivity contribution is 6.04. The molecule has 0 spiro atoms. The van der Waals surface area contributed by atoms with Crippen LogP contribution in [0.3, 0.4) is 0 Å². The summed E-state index contributed by atoms with van der Waals surface area (Å²) in [5.41, 5.74) is 2.67. The monoisotopic (exact) mass is 423 g/mol. The number of piperazine rings is 1. The number of nitrogens with zero attached hydrogens (tertiary/aromatic N) is 2. The molecule has 168 valence electrons. The zero-order chi connectivity index (χ0) is 21.9. The quantitative estimate of drug-likeness (QED) is 0.515. The Balaban J connectivity index is 1.48. The van der Waals surface area contributed by atoms with Crippen LogP contribution in [0, 0.1) is 0 Å². The first kappa shape index (κ1) is 23.3. The molecule has 1 fully saturated rings.